The number of hydrogen-bond acceptors (Lipinski definition) is 4. The minimum absolute atomic E-state index is 0.0197. The summed E-state index contributed by atoms with van der Waals surface area (Å²) in [5.41, 5.74) is -1.58. The van der Waals surface area contributed by atoms with Crippen LogP contribution < -0.4 is 0 Å². The zero-order chi connectivity index (χ0) is 22.3. The third-order valence-electron chi connectivity index (χ3n) is 5.71. The molecule has 2 aliphatic rings. The maximum absolute atomic E-state index is 13.4. The summed E-state index contributed by atoms with van der Waals surface area (Å²) < 4.78 is 43.3. The number of amides is 3. The van der Waals surface area contributed by atoms with E-state index in [1.807, 2.05) is 0 Å². The molecule has 2 aliphatic heterocycles. The first kappa shape index (κ1) is 21.9. The van der Waals surface area contributed by atoms with Crippen LogP contribution in [0.5, 0.6) is 0 Å². The summed E-state index contributed by atoms with van der Waals surface area (Å²) in [7, 11) is 1.24. The van der Waals surface area contributed by atoms with Crippen LogP contribution in [0.3, 0.4) is 0 Å². The molecule has 0 aliphatic carbocycles. The van der Waals surface area contributed by atoms with Crippen LogP contribution in [0, 0.1) is 0 Å². The van der Waals surface area contributed by atoms with E-state index in [1.165, 1.54) is 33.9 Å². The number of benzene rings is 1. The summed E-state index contributed by atoms with van der Waals surface area (Å²) in [5, 5.41) is 0. The van der Waals surface area contributed by atoms with Gasteiger partial charge in [-0.05, 0) is 38.0 Å². The van der Waals surface area contributed by atoms with Gasteiger partial charge in [-0.15, -0.1) is 0 Å². The van der Waals surface area contributed by atoms with E-state index in [9.17, 15) is 27.6 Å². The zero-order valence-electron chi connectivity index (χ0n) is 17.0. The number of halogens is 3. The average molecular weight is 427 g/mol. The molecule has 7 nitrogen and oxygen atoms in total. The lowest BCUT2D eigenvalue weighted by atomic mass is 9.89. The van der Waals surface area contributed by atoms with Crippen molar-refractivity contribution in [1.29, 1.82) is 0 Å². The van der Waals surface area contributed by atoms with Crippen LogP contribution in [-0.2, 0) is 27.0 Å². The quantitative estimate of drug-likeness (QED) is 0.743. The minimum atomic E-state index is -4.46. The molecule has 0 saturated carbocycles. The molecule has 10 heteroatoms. The first-order valence-corrected chi connectivity index (χ1v) is 9.60. The van der Waals surface area contributed by atoms with Gasteiger partial charge in [0.25, 0.3) is 5.91 Å². The number of carbonyl (C=O) groups excluding carboxylic acids is 3. The minimum Gasteiger partial charge on any atom is -0.453 e. The number of rotatable bonds is 3. The molecular formula is C20H24F3N3O4. The molecular weight excluding hydrogens is 403 g/mol. The summed E-state index contributed by atoms with van der Waals surface area (Å²) in [6.45, 7) is 3.69. The van der Waals surface area contributed by atoms with Crippen molar-refractivity contribution in [1.82, 2.24) is 14.7 Å². The van der Waals surface area contributed by atoms with Gasteiger partial charge in [0.2, 0.25) is 5.91 Å². The molecule has 30 heavy (non-hydrogen) atoms. The van der Waals surface area contributed by atoms with Crippen molar-refractivity contribution in [3.63, 3.8) is 0 Å². The Morgan fingerprint density at radius 3 is 2.37 bits per heavy atom. The molecule has 0 N–H and O–H groups in total. The van der Waals surface area contributed by atoms with E-state index >= 15 is 0 Å². The smallest absolute Gasteiger partial charge is 0.416 e. The molecule has 2 heterocycles. The summed E-state index contributed by atoms with van der Waals surface area (Å²) >= 11 is 0. The number of ether oxygens (including phenoxy) is 1. The Kier molecular flexibility index (Phi) is 5.70. The Labute approximate surface area is 172 Å². The maximum atomic E-state index is 13.4. The zero-order valence-corrected chi connectivity index (χ0v) is 17.0. The molecule has 1 aromatic carbocycles. The highest BCUT2D eigenvalue weighted by molar-refractivity contribution is 5.99. The summed E-state index contributed by atoms with van der Waals surface area (Å²) in [4.78, 5) is 42.7. The van der Waals surface area contributed by atoms with E-state index < -0.39 is 23.4 Å². The highest BCUT2D eigenvalue weighted by atomic mass is 19.4. The number of methoxy groups -OCH3 is 1. The Balaban J connectivity index is 1.93. The lowest BCUT2D eigenvalue weighted by Crippen LogP contribution is -2.69. The van der Waals surface area contributed by atoms with Crippen molar-refractivity contribution in [2.24, 2.45) is 0 Å². The predicted molar refractivity (Wildman–Crippen MR) is 100 cm³/mol. The van der Waals surface area contributed by atoms with Crippen molar-refractivity contribution < 1.29 is 32.3 Å². The highest BCUT2D eigenvalue weighted by Gasteiger charge is 2.57. The molecule has 1 aromatic rings. The molecule has 3 rings (SSSR count). The molecule has 2 fully saturated rings. The van der Waals surface area contributed by atoms with Gasteiger partial charge in [0.15, 0.2) is 0 Å². The second-order valence-electron chi connectivity index (χ2n) is 7.87. The number of nitrogens with zero attached hydrogens (tertiary/aromatic N) is 3. The summed E-state index contributed by atoms with van der Waals surface area (Å²) in [5.74, 6) is -0.578. The molecule has 3 amide bonds. The molecule has 0 radical (unpaired) electrons. The third-order valence-corrected chi connectivity index (χ3v) is 5.71. The van der Waals surface area contributed by atoms with Crippen molar-refractivity contribution in [3.05, 3.63) is 35.4 Å². The van der Waals surface area contributed by atoms with Crippen LogP contribution in [-0.4, -0.2) is 70.9 Å². The number of piperazine rings is 1. The number of carbonyl (C=O) groups is 3. The fraction of sp³-hybridized carbons (Fsp3) is 0.550. The van der Waals surface area contributed by atoms with Crippen molar-refractivity contribution >= 4 is 17.9 Å². The molecule has 0 bridgehead atoms. The van der Waals surface area contributed by atoms with Gasteiger partial charge in [-0.3, -0.25) is 9.59 Å². The molecule has 1 atom stereocenters. The molecule has 1 spiro atoms. The number of likely N-dealkylation sites (tertiary alicyclic amines) is 1. The second-order valence-corrected chi connectivity index (χ2v) is 7.87. The first-order chi connectivity index (χ1) is 14.0. The molecule has 164 valence electrons. The Morgan fingerprint density at radius 1 is 1.20 bits per heavy atom. The fourth-order valence-corrected chi connectivity index (χ4v) is 4.04. The van der Waals surface area contributed by atoms with Gasteiger partial charge >= 0.3 is 12.3 Å². The van der Waals surface area contributed by atoms with E-state index in [2.05, 4.69) is 0 Å². The number of hydrogen-bond donors (Lipinski definition) is 0. The average Bonchev–Trinajstić information content (AvgIpc) is 3.13. The van der Waals surface area contributed by atoms with Crippen molar-refractivity contribution in [3.8, 4) is 0 Å². The molecule has 1 unspecified atom stereocenters. The maximum Gasteiger partial charge on any atom is 0.416 e. The molecule has 2 saturated heterocycles. The standard InChI is InChI=1S/C20H24F3N3O4/c1-13(2)25-11-16(27)26(10-14-4-6-15(7-5-14)20(21,22)23)19(17(25)28)8-9-24(12-19)18(29)30-3/h4-7,13H,8-12H2,1-3H3. The predicted octanol–water partition coefficient (Wildman–Crippen LogP) is 2.50. The van der Waals surface area contributed by atoms with Gasteiger partial charge < -0.3 is 19.4 Å². The van der Waals surface area contributed by atoms with Crippen molar-refractivity contribution in [2.45, 2.75) is 44.6 Å². The van der Waals surface area contributed by atoms with Gasteiger partial charge in [-0.1, -0.05) is 12.1 Å². The summed E-state index contributed by atoms with van der Waals surface area (Å²) in [6, 6.07) is 4.30. The molecule has 0 aromatic heterocycles. The van der Waals surface area contributed by atoms with E-state index in [0.717, 1.165) is 12.1 Å². The van der Waals surface area contributed by atoms with Crippen LogP contribution in [0.1, 0.15) is 31.4 Å². The topological polar surface area (TPSA) is 70.2 Å². The van der Waals surface area contributed by atoms with Gasteiger partial charge in [0.1, 0.15) is 12.1 Å². The van der Waals surface area contributed by atoms with Gasteiger partial charge in [-0.2, -0.15) is 13.2 Å². The van der Waals surface area contributed by atoms with Crippen LogP contribution in [0.2, 0.25) is 0 Å². The monoisotopic (exact) mass is 427 g/mol. The van der Waals surface area contributed by atoms with E-state index in [4.69, 9.17) is 4.74 Å². The van der Waals surface area contributed by atoms with Gasteiger partial charge in [0.05, 0.1) is 19.2 Å². The lowest BCUT2D eigenvalue weighted by Gasteiger charge is -2.48. The number of alkyl halides is 3. The van der Waals surface area contributed by atoms with Gasteiger partial charge in [0, 0.05) is 19.1 Å². The Bertz CT molecular complexity index is 841. The van der Waals surface area contributed by atoms with Crippen LogP contribution in [0.25, 0.3) is 0 Å². The largest absolute Gasteiger partial charge is 0.453 e. The second kappa shape index (κ2) is 7.81. The highest BCUT2D eigenvalue weighted by Crippen LogP contribution is 2.36. The first-order valence-electron chi connectivity index (χ1n) is 9.60. The van der Waals surface area contributed by atoms with E-state index in [-0.39, 0.29) is 50.5 Å². The van der Waals surface area contributed by atoms with Gasteiger partial charge in [-0.25, -0.2) is 4.79 Å². The van der Waals surface area contributed by atoms with Crippen LogP contribution in [0.4, 0.5) is 18.0 Å². The summed E-state index contributed by atoms with van der Waals surface area (Å²) in [6.07, 6.45) is -4.82. The normalized spacial score (nSPS) is 22.4. The van der Waals surface area contributed by atoms with Crippen LogP contribution in [0.15, 0.2) is 24.3 Å². The van der Waals surface area contributed by atoms with Crippen LogP contribution >= 0.6 is 0 Å². The lowest BCUT2D eigenvalue weighted by molar-refractivity contribution is -0.166. The van der Waals surface area contributed by atoms with Crippen molar-refractivity contribution in [2.75, 3.05) is 26.7 Å². The Hall–Kier alpha value is -2.78. The Morgan fingerprint density at radius 2 is 1.83 bits per heavy atom. The fourth-order valence-electron chi connectivity index (χ4n) is 4.04. The van der Waals surface area contributed by atoms with E-state index in [0.29, 0.717) is 5.56 Å². The SMILES string of the molecule is COC(=O)N1CCC2(C1)C(=O)N(C(C)C)CC(=O)N2Cc1ccc(C(F)(F)F)cc1. The third kappa shape index (κ3) is 3.82. The van der Waals surface area contributed by atoms with E-state index in [1.54, 1.807) is 13.8 Å².